The molecule has 2 aromatic carbocycles. The summed E-state index contributed by atoms with van der Waals surface area (Å²) < 4.78 is 17.1. The zero-order valence-electron chi connectivity index (χ0n) is 24.5. The fourth-order valence-electron chi connectivity index (χ4n) is 5.49. The molecular weight excluding hydrogens is 543 g/mol. The van der Waals surface area contributed by atoms with Gasteiger partial charge in [-0.1, -0.05) is 99.5 Å². The van der Waals surface area contributed by atoms with Crippen LogP contribution >= 0.6 is 23.2 Å². The van der Waals surface area contributed by atoms with E-state index in [-0.39, 0.29) is 17.8 Å². The number of halogens is 2. The van der Waals surface area contributed by atoms with Gasteiger partial charge in [0, 0.05) is 22.4 Å². The summed E-state index contributed by atoms with van der Waals surface area (Å²) in [5.41, 5.74) is 2.22. The van der Waals surface area contributed by atoms with Crippen molar-refractivity contribution in [3.05, 3.63) is 57.6 Å². The Bertz CT molecular complexity index is 999. The van der Waals surface area contributed by atoms with Crippen molar-refractivity contribution in [2.24, 2.45) is 5.92 Å². The Morgan fingerprint density at radius 1 is 0.900 bits per heavy atom. The third-order valence-electron chi connectivity index (χ3n) is 8.01. The lowest BCUT2D eigenvalue weighted by Gasteiger charge is -2.16. The van der Waals surface area contributed by atoms with E-state index in [0.717, 1.165) is 49.4 Å². The fraction of sp³-hybridized carbons (Fsp3) is 0.618. The Hall–Kier alpha value is -1.75. The molecule has 0 bridgehead atoms. The highest BCUT2D eigenvalue weighted by atomic mass is 35.5. The summed E-state index contributed by atoms with van der Waals surface area (Å²) in [6.07, 6.45) is 17.6. The van der Waals surface area contributed by atoms with E-state index in [4.69, 9.17) is 37.4 Å². The monoisotopic (exact) mass is 590 g/mol. The first-order valence-corrected chi connectivity index (χ1v) is 16.1. The SMILES string of the molecule is COc1ccc(CCCCCCCCCCCCCC(Cc2c(Cl)cccc2Cl)C(C)=O)cc1OC1CCOC1. The molecule has 2 aromatic rings. The van der Waals surface area contributed by atoms with E-state index in [1.165, 1.54) is 69.8 Å². The van der Waals surface area contributed by atoms with E-state index in [9.17, 15) is 4.79 Å². The van der Waals surface area contributed by atoms with E-state index >= 15 is 0 Å². The van der Waals surface area contributed by atoms with Crippen molar-refractivity contribution in [3.63, 3.8) is 0 Å². The average molecular weight is 592 g/mol. The number of hydrogen-bond donors (Lipinski definition) is 0. The lowest BCUT2D eigenvalue weighted by Crippen LogP contribution is -2.16. The van der Waals surface area contributed by atoms with Crippen molar-refractivity contribution in [3.8, 4) is 11.5 Å². The Kier molecular flexibility index (Phi) is 15.3. The Morgan fingerprint density at radius 2 is 1.52 bits per heavy atom. The Balaban J connectivity index is 1.18. The molecule has 40 heavy (non-hydrogen) atoms. The summed E-state index contributed by atoms with van der Waals surface area (Å²) in [6, 6.07) is 11.9. The zero-order valence-corrected chi connectivity index (χ0v) is 26.0. The van der Waals surface area contributed by atoms with E-state index < -0.39 is 0 Å². The first kappa shape index (κ1) is 32.8. The second-order valence-corrected chi connectivity index (χ2v) is 12.0. The van der Waals surface area contributed by atoms with Gasteiger partial charge >= 0.3 is 0 Å². The Labute approximate surface area is 252 Å². The molecule has 0 saturated carbocycles. The number of hydrogen-bond acceptors (Lipinski definition) is 4. The van der Waals surface area contributed by atoms with Crippen LogP contribution in [0.4, 0.5) is 0 Å². The zero-order chi connectivity index (χ0) is 28.6. The molecule has 1 heterocycles. The molecule has 6 heteroatoms. The molecule has 0 aromatic heterocycles. The van der Waals surface area contributed by atoms with Gasteiger partial charge in [0.1, 0.15) is 11.9 Å². The highest BCUT2D eigenvalue weighted by Crippen LogP contribution is 2.31. The van der Waals surface area contributed by atoms with Gasteiger partial charge in [-0.2, -0.15) is 0 Å². The van der Waals surface area contributed by atoms with Gasteiger partial charge in [-0.3, -0.25) is 4.79 Å². The van der Waals surface area contributed by atoms with Crippen molar-refractivity contribution >= 4 is 29.0 Å². The normalized spacial score (nSPS) is 15.8. The van der Waals surface area contributed by atoms with Crippen LogP contribution in [0.15, 0.2) is 36.4 Å². The number of carbonyl (C=O) groups excluding carboxylic acids is 1. The van der Waals surface area contributed by atoms with Crippen LogP contribution in [0.2, 0.25) is 10.0 Å². The van der Waals surface area contributed by atoms with E-state index in [1.807, 2.05) is 24.3 Å². The van der Waals surface area contributed by atoms with Gasteiger partial charge in [0.15, 0.2) is 11.5 Å². The first-order valence-electron chi connectivity index (χ1n) is 15.3. The van der Waals surface area contributed by atoms with Crippen LogP contribution in [-0.2, 0) is 22.4 Å². The molecule has 0 N–H and O–H groups in total. The molecule has 4 nitrogen and oxygen atoms in total. The van der Waals surface area contributed by atoms with Gasteiger partial charge in [0.05, 0.1) is 20.3 Å². The van der Waals surface area contributed by atoms with Crippen molar-refractivity contribution in [2.45, 2.75) is 109 Å². The molecule has 0 spiro atoms. The predicted molar refractivity (Wildman–Crippen MR) is 166 cm³/mol. The predicted octanol–water partition coefficient (Wildman–Crippen LogP) is 9.84. The highest BCUT2D eigenvalue weighted by Gasteiger charge is 2.20. The van der Waals surface area contributed by atoms with Crippen molar-refractivity contribution in [2.75, 3.05) is 20.3 Å². The number of carbonyl (C=O) groups is 1. The molecule has 3 rings (SSSR count). The number of ketones is 1. The summed E-state index contributed by atoms with van der Waals surface area (Å²) in [6.45, 7) is 3.13. The molecule has 0 aliphatic carbocycles. The second-order valence-electron chi connectivity index (χ2n) is 11.2. The molecule has 1 aliphatic heterocycles. The molecule has 1 saturated heterocycles. The van der Waals surface area contributed by atoms with Crippen molar-refractivity contribution < 1.29 is 19.0 Å². The van der Waals surface area contributed by atoms with E-state index in [1.54, 1.807) is 14.0 Å². The van der Waals surface area contributed by atoms with Crippen LogP contribution in [0.3, 0.4) is 0 Å². The van der Waals surface area contributed by atoms with Gasteiger partial charge in [-0.05, 0) is 68.0 Å². The smallest absolute Gasteiger partial charge is 0.161 e. The van der Waals surface area contributed by atoms with Gasteiger partial charge in [0.25, 0.3) is 0 Å². The fourth-order valence-corrected chi connectivity index (χ4v) is 6.04. The average Bonchev–Trinajstić information content (AvgIpc) is 3.45. The molecular formula is C34H48Cl2O4. The van der Waals surface area contributed by atoms with Crippen LogP contribution < -0.4 is 9.47 Å². The molecule has 0 radical (unpaired) electrons. The summed E-state index contributed by atoms with van der Waals surface area (Å²) >= 11 is 12.6. The molecule has 2 atom stereocenters. The number of benzene rings is 2. The van der Waals surface area contributed by atoms with Crippen LogP contribution in [-0.4, -0.2) is 32.2 Å². The van der Waals surface area contributed by atoms with Crippen LogP contribution in [0.25, 0.3) is 0 Å². The molecule has 222 valence electrons. The lowest BCUT2D eigenvalue weighted by atomic mass is 9.90. The minimum Gasteiger partial charge on any atom is -0.493 e. The molecule has 1 fully saturated rings. The maximum atomic E-state index is 12.2. The lowest BCUT2D eigenvalue weighted by molar-refractivity contribution is -0.120. The first-order chi connectivity index (χ1) is 19.5. The van der Waals surface area contributed by atoms with E-state index in [2.05, 4.69) is 12.1 Å². The summed E-state index contributed by atoms with van der Waals surface area (Å²) in [7, 11) is 1.69. The maximum Gasteiger partial charge on any atom is 0.161 e. The van der Waals surface area contributed by atoms with E-state index in [0.29, 0.717) is 23.1 Å². The highest BCUT2D eigenvalue weighted by molar-refractivity contribution is 6.36. The van der Waals surface area contributed by atoms with Gasteiger partial charge < -0.3 is 14.2 Å². The number of ether oxygens (including phenoxy) is 3. The minimum atomic E-state index is 0.00419. The third-order valence-corrected chi connectivity index (χ3v) is 8.72. The van der Waals surface area contributed by atoms with Crippen LogP contribution in [0.1, 0.15) is 102 Å². The topological polar surface area (TPSA) is 44.8 Å². The second kappa shape index (κ2) is 18.6. The van der Waals surface area contributed by atoms with Gasteiger partial charge in [0.2, 0.25) is 0 Å². The van der Waals surface area contributed by atoms with Gasteiger partial charge in [-0.25, -0.2) is 0 Å². The van der Waals surface area contributed by atoms with Crippen molar-refractivity contribution in [1.29, 1.82) is 0 Å². The number of methoxy groups -OCH3 is 1. The third kappa shape index (κ3) is 11.6. The quantitative estimate of drug-likeness (QED) is 0.144. The maximum absolute atomic E-state index is 12.2. The molecule has 0 amide bonds. The number of aryl methyl sites for hydroxylation is 1. The summed E-state index contributed by atoms with van der Waals surface area (Å²) in [5, 5.41) is 1.32. The molecule has 2 unspecified atom stereocenters. The largest absolute Gasteiger partial charge is 0.493 e. The number of Topliss-reactive ketones (excluding diaryl/α,β-unsaturated/α-hetero) is 1. The van der Waals surface area contributed by atoms with Crippen LogP contribution in [0, 0.1) is 5.92 Å². The minimum absolute atomic E-state index is 0.00419. The van der Waals surface area contributed by atoms with Crippen molar-refractivity contribution in [1.82, 2.24) is 0 Å². The Morgan fingerprint density at radius 3 is 2.10 bits per heavy atom. The summed E-state index contributed by atoms with van der Waals surface area (Å²) in [4.78, 5) is 12.2. The van der Waals surface area contributed by atoms with Gasteiger partial charge in [-0.15, -0.1) is 0 Å². The standard InChI is InChI=1S/C34H48Cl2O4/c1-26(37)28(24-30-31(35)17-14-18-32(30)36)16-13-11-9-7-5-3-4-6-8-10-12-15-27-19-20-33(38-2)34(23-27)40-29-21-22-39-25-29/h14,17-20,23,28-29H,3-13,15-16,21-22,24-25H2,1-2H3. The molecule has 1 aliphatic rings. The number of rotatable bonds is 20. The summed E-state index contributed by atoms with van der Waals surface area (Å²) in [5.74, 6) is 1.88. The van der Waals surface area contributed by atoms with Crippen LogP contribution in [0.5, 0.6) is 11.5 Å². The number of unbranched alkanes of at least 4 members (excludes halogenated alkanes) is 10.